The molecule has 0 radical (unpaired) electrons. The molecule has 0 aromatic heterocycles. The monoisotopic (exact) mass is 244 g/mol. The first kappa shape index (κ1) is 23.0. The second-order valence-electron chi connectivity index (χ2n) is 0.289. The van der Waals surface area contributed by atoms with Crippen LogP contribution in [0.15, 0.2) is 0 Å². The fraction of sp³-hybridized carbons (Fsp3) is 0. The maximum Gasteiger partial charge on any atom is -0.278 e. The molecular formula is H4AlBBaO4. The van der Waals surface area contributed by atoms with Gasteiger partial charge in [-0.3, -0.25) is 7.32 Å². The van der Waals surface area contributed by atoms with Crippen molar-refractivity contribution in [3.05, 3.63) is 0 Å². The maximum atomic E-state index is 8.42. The zero-order chi connectivity index (χ0) is 3.58. The van der Waals surface area contributed by atoms with Crippen LogP contribution in [0.5, 0.6) is 0 Å². The molecule has 0 fully saturated rings. The second kappa shape index (κ2) is 15.7. The van der Waals surface area contributed by atoms with Crippen LogP contribution in [0.2, 0.25) is 0 Å². The van der Waals surface area contributed by atoms with Crippen LogP contribution in [-0.2, 0) is 0 Å². The van der Waals surface area contributed by atoms with Crippen LogP contribution in [0.1, 0.15) is 0 Å². The average molecular weight is 243 g/mol. The van der Waals surface area contributed by atoms with E-state index >= 15 is 0 Å². The number of rotatable bonds is 0. The fourth-order valence-corrected chi connectivity index (χ4v) is 0. The van der Waals surface area contributed by atoms with Crippen LogP contribution in [-0.4, -0.2) is 79.0 Å². The van der Waals surface area contributed by atoms with Gasteiger partial charge in [0.2, 0.25) is 0 Å². The molecule has 4 nitrogen and oxygen atoms in total. The van der Waals surface area contributed by atoms with Gasteiger partial charge in [-0.2, -0.15) is 0 Å². The molecule has 0 heterocycles. The Hall–Kier alpha value is 2.01. The first-order valence-corrected chi connectivity index (χ1v) is 0.707. The summed E-state index contributed by atoms with van der Waals surface area (Å²) < 4.78 is 0. The largest absolute Gasteiger partial charge is 0.907 e. The van der Waals surface area contributed by atoms with Crippen LogP contribution in [0.3, 0.4) is 0 Å². The van der Waals surface area contributed by atoms with Crippen molar-refractivity contribution in [1.29, 1.82) is 0 Å². The SMILES string of the molecule is O.[Al+3].[BaH2].[O-]B([O-])[O-]. The third-order valence-corrected chi connectivity index (χ3v) is 0. The van der Waals surface area contributed by atoms with Crippen LogP contribution in [0.25, 0.3) is 0 Å². The van der Waals surface area contributed by atoms with Gasteiger partial charge in [-0.15, -0.1) is 0 Å². The molecule has 0 aromatic carbocycles. The van der Waals surface area contributed by atoms with E-state index in [1.165, 1.54) is 0 Å². The van der Waals surface area contributed by atoms with Crippen molar-refractivity contribution in [2.24, 2.45) is 0 Å². The van der Waals surface area contributed by atoms with Crippen molar-refractivity contribution in [3.63, 3.8) is 0 Å². The van der Waals surface area contributed by atoms with E-state index in [0.29, 0.717) is 0 Å². The molecular weight excluding hydrogens is 239 g/mol. The zero-order valence-electron chi connectivity index (χ0n) is 2.88. The first-order chi connectivity index (χ1) is 1.73. The summed E-state index contributed by atoms with van der Waals surface area (Å²) in [5.74, 6) is 0. The van der Waals surface area contributed by atoms with Gasteiger partial charge in [0.25, 0.3) is 0 Å². The van der Waals surface area contributed by atoms with Crippen LogP contribution in [0.4, 0.5) is 0 Å². The Kier molecular flexibility index (Phi) is 51.6. The Morgan fingerprint density at radius 2 is 1.00 bits per heavy atom. The Morgan fingerprint density at radius 1 is 1.00 bits per heavy atom. The Morgan fingerprint density at radius 3 is 1.00 bits per heavy atom. The molecule has 7 heavy (non-hydrogen) atoms. The van der Waals surface area contributed by atoms with Crippen molar-refractivity contribution in [2.75, 3.05) is 0 Å². The maximum absolute atomic E-state index is 8.42. The third kappa shape index (κ3) is 71.7. The summed E-state index contributed by atoms with van der Waals surface area (Å²) in [6, 6.07) is 0. The smallest absolute Gasteiger partial charge is 0.278 e. The Labute approximate surface area is 92.6 Å². The minimum atomic E-state index is -2.92. The average Bonchev–Trinajstić information content (AvgIpc) is 0.811. The van der Waals surface area contributed by atoms with Gasteiger partial charge in [-0.05, 0) is 0 Å². The second-order valence-corrected chi connectivity index (χ2v) is 0.289. The Balaban J connectivity index is -0.0000000150. The predicted molar refractivity (Wildman–Crippen MR) is 23.7 cm³/mol. The predicted octanol–water partition coefficient (Wildman–Crippen LogP) is -6.07. The molecule has 36 valence electrons. The molecule has 0 aromatic rings. The van der Waals surface area contributed by atoms with Crippen molar-refractivity contribution in [1.82, 2.24) is 0 Å². The molecule has 0 aliphatic carbocycles. The first-order valence-electron chi connectivity index (χ1n) is 0.707. The topological polar surface area (TPSA) is 101 Å². The van der Waals surface area contributed by atoms with E-state index in [2.05, 4.69) is 0 Å². The molecule has 0 unspecified atom stereocenters. The summed E-state index contributed by atoms with van der Waals surface area (Å²) in [7, 11) is -2.92. The number of hydrogen-bond acceptors (Lipinski definition) is 3. The summed E-state index contributed by atoms with van der Waals surface area (Å²) in [5, 5.41) is 25.2. The van der Waals surface area contributed by atoms with Gasteiger partial charge in [0.05, 0.1) is 0 Å². The van der Waals surface area contributed by atoms with Crippen LogP contribution >= 0.6 is 0 Å². The standard InChI is InChI=1S/Al.BO3.Ba.H2O.2H/c;2-1(3)4;;;;/h;;;1H2;;/q+3;-3;;;;. The molecule has 0 amide bonds. The summed E-state index contributed by atoms with van der Waals surface area (Å²) >= 11 is 0. The van der Waals surface area contributed by atoms with E-state index in [4.69, 9.17) is 15.1 Å². The minimum Gasteiger partial charge on any atom is -0.907 e. The van der Waals surface area contributed by atoms with Crippen molar-refractivity contribution in [3.8, 4) is 0 Å². The van der Waals surface area contributed by atoms with Gasteiger partial charge in [0.15, 0.2) is 0 Å². The van der Waals surface area contributed by atoms with Crippen LogP contribution < -0.4 is 15.1 Å². The summed E-state index contributed by atoms with van der Waals surface area (Å²) in [6.07, 6.45) is 0. The Bertz CT molecular complexity index is 16.4. The normalized spacial score (nSPS) is 3.86. The molecule has 0 atom stereocenters. The van der Waals surface area contributed by atoms with Crippen molar-refractivity contribution >= 4 is 73.6 Å². The summed E-state index contributed by atoms with van der Waals surface area (Å²) in [5.41, 5.74) is 0. The quantitative estimate of drug-likeness (QED) is 0.396. The molecule has 0 aliphatic rings. The van der Waals surface area contributed by atoms with E-state index in [-0.39, 0.29) is 71.7 Å². The van der Waals surface area contributed by atoms with Crippen molar-refractivity contribution < 1.29 is 20.5 Å². The van der Waals surface area contributed by atoms with Gasteiger partial charge in [0.1, 0.15) is 0 Å². The molecule has 0 bridgehead atoms. The van der Waals surface area contributed by atoms with Crippen molar-refractivity contribution in [2.45, 2.75) is 0 Å². The molecule has 0 spiro atoms. The minimum absolute atomic E-state index is 0. The van der Waals surface area contributed by atoms with Gasteiger partial charge < -0.3 is 20.5 Å². The molecule has 0 saturated heterocycles. The third-order valence-electron chi connectivity index (χ3n) is 0. The van der Waals surface area contributed by atoms with Gasteiger partial charge in [-0.25, -0.2) is 0 Å². The molecule has 0 saturated carbocycles. The molecule has 7 heteroatoms. The zero-order valence-corrected chi connectivity index (χ0v) is 4.03. The van der Waals surface area contributed by atoms with E-state index in [1.54, 1.807) is 0 Å². The molecule has 0 rings (SSSR count). The van der Waals surface area contributed by atoms with E-state index < -0.39 is 7.32 Å². The van der Waals surface area contributed by atoms with Gasteiger partial charge in [0, 0.05) is 0 Å². The van der Waals surface area contributed by atoms with Crippen LogP contribution in [0, 0.1) is 0 Å². The van der Waals surface area contributed by atoms with Gasteiger partial charge in [-0.1, -0.05) is 0 Å². The summed E-state index contributed by atoms with van der Waals surface area (Å²) in [6.45, 7) is 0. The summed E-state index contributed by atoms with van der Waals surface area (Å²) in [4.78, 5) is 0. The fourth-order valence-electron chi connectivity index (χ4n) is 0. The molecule has 2 N–H and O–H groups in total. The van der Waals surface area contributed by atoms with E-state index in [9.17, 15) is 0 Å². The van der Waals surface area contributed by atoms with E-state index in [0.717, 1.165) is 0 Å². The molecule has 0 aliphatic heterocycles. The number of hydrogen-bond donors (Lipinski definition) is 0. The van der Waals surface area contributed by atoms with E-state index in [1.807, 2.05) is 0 Å². The van der Waals surface area contributed by atoms with Gasteiger partial charge >= 0.3 is 66.2 Å².